The molecule has 0 N–H and O–H groups in total. The van der Waals surface area contributed by atoms with E-state index < -0.39 is 0 Å². The Hall–Kier alpha value is -3.61. The molecule has 2 aromatic carbocycles. The number of furan rings is 2. The highest BCUT2D eigenvalue weighted by Gasteiger charge is 2.53. The first-order valence-corrected chi connectivity index (χ1v) is 20.0. The molecule has 2 aromatic heterocycles. The molecule has 0 unspecified atom stereocenters. The summed E-state index contributed by atoms with van der Waals surface area (Å²) in [5.41, 5.74) is 5.85. The fourth-order valence-corrected chi connectivity index (χ4v) is 12.5. The van der Waals surface area contributed by atoms with Gasteiger partial charge in [0, 0.05) is 39.8 Å². The van der Waals surface area contributed by atoms with Gasteiger partial charge in [-0.05, 0) is 97.0 Å². The average molecular weight is 709 g/mol. The molecule has 4 aromatic rings. The lowest BCUT2D eigenvalue weighted by Crippen LogP contribution is -2.44. The second kappa shape index (κ2) is 11.7. The van der Waals surface area contributed by atoms with Crippen LogP contribution < -0.4 is 18.9 Å². The third kappa shape index (κ3) is 4.85. The molecule has 0 spiro atoms. The van der Waals surface area contributed by atoms with Crippen LogP contribution in [0.25, 0.3) is 21.9 Å². The van der Waals surface area contributed by atoms with Gasteiger partial charge in [-0.3, -0.25) is 4.79 Å². The second-order valence-corrected chi connectivity index (χ2v) is 19.0. The molecule has 52 heavy (non-hydrogen) atoms. The summed E-state index contributed by atoms with van der Waals surface area (Å²) in [5, 5.41) is 2.30. The highest BCUT2D eigenvalue weighted by atomic mass is 16.7. The number of ether oxygens (including phenoxy) is 4. The lowest BCUT2D eigenvalue weighted by atomic mass is 9.53. The smallest absolute Gasteiger partial charge is 0.231 e. The highest BCUT2D eigenvalue weighted by molar-refractivity contribution is 6.02. The van der Waals surface area contributed by atoms with Gasteiger partial charge in [-0.2, -0.15) is 0 Å². The maximum Gasteiger partial charge on any atom is 0.231 e. The van der Waals surface area contributed by atoms with Gasteiger partial charge in [-0.25, -0.2) is 0 Å². The van der Waals surface area contributed by atoms with E-state index in [4.69, 9.17) is 27.8 Å². The molecule has 2 saturated carbocycles. The molecule has 0 saturated heterocycles. The zero-order chi connectivity index (χ0) is 36.4. The zero-order valence-corrected chi connectivity index (χ0v) is 32.5. The van der Waals surface area contributed by atoms with E-state index in [0.717, 1.165) is 40.9 Å². The van der Waals surface area contributed by atoms with Crippen molar-refractivity contribution in [1.29, 1.82) is 0 Å². The van der Waals surface area contributed by atoms with Gasteiger partial charge < -0.3 is 27.8 Å². The van der Waals surface area contributed by atoms with Crippen LogP contribution in [-0.4, -0.2) is 19.9 Å². The number of rotatable bonds is 1. The molecule has 4 aliphatic carbocycles. The van der Waals surface area contributed by atoms with Crippen molar-refractivity contribution < 1.29 is 32.6 Å². The maximum absolute atomic E-state index is 11.9. The van der Waals surface area contributed by atoms with Gasteiger partial charge in [0.25, 0.3) is 0 Å². The Kier molecular flexibility index (Phi) is 7.69. The van der Waals surface area contributed by atoms with Gasteiger partial charge in [0.15, 0.2) is 29.3 Å². The fourth-order valence-electron chi connectivity index (χ4n) is 12.5. The van der Waals surface area contributed by atoms with Crippen LogP contribution in [0.4, 0.5) is 0 Å². The van der Waals surface area contributed by atoms with E-state index in [2.05, 4.69) is 67.5 Å². The Morgan fingerprint density at radius 1 is 0.615 bits per heavy atom. The van der Waals surface area contributed by atoms with Crippen molar-refractivity contribution in [2.24, 2.45) is 22.7 Å². The molecule has 2 fully saturated rings. The molecule has 2 aliphatic heterocycles. The van der Waals surface area contributed by atoms with Crippen LogP contribution in [0.5, 0.6) is 23.0 Å². The molecule has 6 aliphatic rings. The van der Waals surface area contributed by atoms with Crippen molar-refractivity contribution in [1.82, 2.24) is 0 Å². The first-order valence-electron chi connectivity index (χ1n) is 20.0. The first-order chi connectivity index (χ1) is 24.8. The maximum atomic E-state index is 11.9. The van der Waals surface area contributed by atoms with Crippen LogP contribution in [0.2, 0.25) is 0 Å². The summed E-state index contributed by atoms with van der Waals surface area (Å²) in [7, 11) is 0. The summed E-state index contributed by atoms with van der Waals surface area (Å²) in [4.78, 5) is 11.9. The number of benzene rings is 2. The molecule has 0 bridgehead atoms. The number of aldehydes is 1. The van der Waals surface area contributed by atoms with E-state index in [0.29, 0.717) is 63.9 Å². The lowest BCUT2D eigenvalue weighted by molar-refractivity contribution is 0.0502. The van der Waals surface area contributed by atoms with Crippen LogP contribution in [0.15, 0.2) is 27.0 Å². The number of carbonyl (C=O) groups excluding carboxylic acids is 1. The lowest BCUT2D eigenvalue weighted by Gasteiger charge is -2.50. The minimum atomic E-state index is 0.0565. The Balaban J connectivity index is 0.000000139. The van der Waals surface area contributed by atoms with E-state index >= 15 is 0 Å². The van der Waals surface area contributed by atoms with Gasteiger partial charge >= 0.3 is 0 Å². The molecule has 7 nitrogen and oxygen atoms in total. The van der Waals surface area contributed by atoms with E-state index in [-0.39, 0.29) is 17.6 Å². The molecule has 6 atom stereocenters. The van der Waals surface area contributed by atoms with Gasteiger partial charge in [-0.1, -0.05) is 68.2 Å². The van der Waals surface area contributed by atoms with Crippen LogP contribution in [0, 0.1) is 22.7 Å². The van der Waals surface area contributed by atoms with E-state index in [1.807, 2.05) is 6.07 Å². The topological polar surface area (TPSA) is 80.3 Å². The minimum Gasteiger partial charge on any atom is -0.460 e. The second-order valence-electron chi connectivity index (χ2n) is 19.0. The number of hydrogen-bond acceptors (Lipinski definition) is 7. The zero-order valence-electron chi connectivity index (χ0n) is 32.5. The Morgan fingerprint density at radius 2 is 1.13 bits per heavy atom. The van der Waals surface area contributed by atoms with Crippen molar-refractivity contribution in [2.75, 3.05) is 13.6 Å². The number of hydrogen-bond donors (Lipinski definition) is 0. The van der Waals surface area contributed by atoms with Gasteiger partial charge in [0.05, 0.1) is 0 Å². The Labute approximate surface area is 308 Å². The predicted molar refractivity (Wildman–Crippen MR) is 202 cm³/mol. The normalized spacial score (nSPS) is 32.1. The van der Waals surface area contributed by atoms with Crippen molar-refractivity contribution in [3.05, 3.63) is 46.4 Å². The number of carbonyl (C=O) groups is 1. The summed E-state index contributed by atoms with van der Waals surface area (Å²) in [6, 6.07) is 6.25. The largest absolute Gasteiger partial charge is 0.460 e. The predicted octanol–water partition coefficient (Wildman–Crippen LogP) is 12.1. The quantitative estimate of drug-likeness (QED) is 0.182. The molecule has 0 amide bonds. The SMILES string of the molecule is C[C@@H]1CC[C@H]2C(C)(C)CCC[C@]2(C)c2c1oc1c(C=O)c3c(cc21)OCO3.C[C@@H]1CC[C@H]2C(C)(C)CCC[C@]2(C)c2c1oc1cc3c(cc21)OCO3. The first kappa shape index (κ1) is 34.2. The van der Waals surface area contributed by atoms with Crippen molar-refractivity contribution >= 4 is 28.2 Å². The molecular weight excluding hydrogens is 652 g/mol. The summed E-state index contributed by atoms with van der Waals surface area (Å²) in [5.74, 6) is 7.27. The molecule has 7 heteroatoms. The minimum absolute atomic E-state index is 0.0565. The third-order valence-electron chi connectivity index (χ3n) is 15.0. The monoisotopic (exact) mass is 708 g/mol. The van der Waals surface area contributed by atoms with E-state index in [1.165, 1.54) is 80.1 Å². The molecule has 0 radical (unpaired) electrons. The van der Waals surface area contributed by atoms with Crippen LogP contribution in [0.1, 0.15) is 164 Å². The third-order valence-corrected chi connectivity index (χ3v) is 15.0. The average Bonchev–Trinajstić information content (AvgIpc) is 3.87. The Morgan fingerprint density at radius 3 is 1.75 bits per heavy atom. The number of fused-ring (bicyclic) bond motifs is 12. The summed E-state index contributed by atoms with van der Waals surface area (Å²) in [6.07, 6.45) is 13.3. The summed E-state index contributed by atoms with van der Waals surface area (Å²) < 4.78 is 35.4. The van der Waals surface area contributed by atoms with Gasteiger partial charge in [0.1, 0.15) is 28.2 Å². The van der Waals surface area contributed by atoms with Crippen LogP contribution in [0.3, 0.4) is 0 Å². The van der Waals surface area contributed by atoms with Gasteiger partial charge in [0.2, 0.25) is 13.6 Å². The Bertz CT molecular complexity index is 2080. The molecule has 4 heterocycles. The van der Waals surface area contributed by atoms with Crippen molar-refractivity contribution in [3.63, 3.8) is 0 Å². The highest BCUT2D eigenvalue weighted by Crippen LogP contribution is 2.62. The fraction of sp³-hybridized carbons (Fsp3) is 0.622. The van der Waals surface area contributed by atoms with E-state index in [1.54, 1.807) is 0 Å². The van der Waals surface area contributed by atoms with Crippen molar-refractivity contribution in [3.8, 4) is 23.0 Å². The molecular formula is C45H56O7. The summed E-state index contributed by atoms with van der Waals surface area (Å²) in [6.45, 7) is 19.8. The van der Waals surface area contributed by atoms with E-state index in [9.17, 15) is 4.79 Å². The summed E-state index contributed by atoms with van der Waals surface area (Å²) >= 11 is 0. The van der Waals surface area contributed by atoms with Crippen LogP contribution in [-0.2, 0) is 10.8 Å². The molecule has 278 valence electrons. The standard InChI is InChI=1S/C23H28O4.C22H28O3/c1-13-6-7-17-22(2,3)8-5-9-23(17,4)18-14-10-16-21(26-12-25-16)15(11-24)20(14)27-19(13)18;1-13-6-7-18-21(2,3)8-5-9-22(18,4)19-14-10-16-17(24-12-23-16)11-15(14)25-20(13)19/h10-11,13,17H,5-9,12H2,1-4H3;10-11,13,18H,5-9,12H2,1-4H3/t13-,17+,23+;13-,18+,22+/m11/s1. The molecule has 10 rings (SSSR count). The van der Waals surface area contributed by atoms with Crippen molar-refractivity contribution in [2.45, 2.75) is 142 Å². The van der Waals surface area contributed by atoms with Crippen LogP contribution >= 0.6 is 0 Å². The van der Waals surface area contributed by atoms with Gasteiger partial charge in [-0.15, -0.1) is 0 Å².